The fraction of sp³-hybridized carbons (Fsp3) is 0.294. The summed E-state index contributed by atoms with van der Waals surface area (Å²) in [5, 5.41) is 6.22. The Bertz CT molecular complexity index is 671. The van der Waals surface area contributed by atoms with E-state index in [1.54, 1.807) is 37.4 Å². The molecule has 0 saturated heterocycles. The third kappa shape index (κ3) is 6.08. The number of carbonyl (C=O) groups excluding carboxylic acids is 1. The molecule has 1 aromatic carbocycles. The highest BCUT2D eigenvalue weighted by atomic mass is 35.5. The molecule has 2 N–H and O–H groups in total. The minimum absolute atomic E-state index is 0. The van der Waals surface area contributed by atoms with Gasteiger partial charge in [-0.2, -0.15) is 0 Å². The summed E-state index contributed by atoms with van der Waals surface area (Å²) in [5.74, 6) is 1.13. The zero-order valence-corrected chi connectivity index (χ0v) is 16.1. The van der Waals surface area contributed by atoms with Crippen LogP contribution in [0.2, 0.25) is 0 Å². The Morgan fingerprint density at radius 3 is 2.60 bits per heavy atom. The lowest BCUT2D eigenvalue weighted by Gasteiger charge is -2.19. The third-order valence-corrected chi connectivity index (χ3v) is 3.44. The van der Waals surface area contributed by atoms with Crippen molar-refractivity contribution in [1.29, 1.82) is 0 Å². The summed E-state index contributed by atoms with van der Waals surface area (Å²) in [4.78, 5) is 18.6. The number of carbonyl (C=O) groups is 1. The molecule has 1 aromatic heterocycles. The van der Waals surface area contributed by atoms with Crippen LogP contribution in [-0.2, 0) is 0 Å². The number of pyridine rings is 1. The van der Waals surface area contributed by atoms with Crippen molar-refractivity contribution in [2.75, 3.05) is 39.6 Å². The van der Waals surface area contributed by atoms with E-state index in [1.807, 2.05) is 31.3 Å². The summed E-state index contributed by atoms with van der Waals surface area (Å²) in [5.41, 5.74) is 1.29. The number of para-hydroxylation sites is 2. The van der Waals surface area contributed by atoms with E-state index in [9.17, 15) is 4.79 Å². The molecular formula is C17H24Cl2N4O2. The highest BCUT2D eigenvalue weighted by Gasteiger charge is 2.17. The first-order valence-corrected chi connectivity index (χ1v) is 7.42. The normalized spacial score (nSPS) is 9.40. The minimum Gasteiger partial charge on any atom is -0.495 e. The average molecular weight is 387 g/mol. The number of hydrogen-bond acceptors (Lipinski definition) is 5. The molecule has 0 aliphatic rings. The molecule has 1 heterocycles. The minimum atomic E-state index is -0.0780. The van der Waals surface area contributed by atoms with Crippen molar-refractivity contribution < 1.29 is 9.53 Å². The number of aromatic nitrogens is 1. The van der Waals surface area contributed by atoms with Crippen LogP contribution in [0.15, 0.2) is 42.6 Å². The molecule has 0 unspecified atom stereocenters. The predicted molar refractivity (Wildman–Crippen MR) is 106 cm³/mol. The molecule has 2 aromatic rings. The number of rotatable bonds is 7. The summed E-state index contributed by atoms with van der Waals surface area (Å²) in [7, 11) is 5.24. The van der Waals surface area contributed by atoms with Gasteiger partial charge in [0.15, 0.2) is 0 Å². The van der Waals surface area contributed by atoms with Gasteiger partial charge in [-0.15, -0.1) is 24.8 Å². The van der Waals surface area contributed by atoms with Crippen LogP contribution in [0.1, 0.15) is 10.4 Å². The Kier molecular flexibility index (Phi) is 10.6. The van der Waals surface area contributed by atoms with Gasteiger partial charge in [-0.05, 0) is 31.3 Å². The van der Waals surface area contributed by atoms with Crippen LogP contribution in [0.25, 0.3) is 0 Å². The lowest BCUT2D eigenvalue weighted by molar-refractivity contribution is 0.0797. The van der Waals surface area contributed by atoms with Crippen molar-refractivity contribution in [3.8, 4) is 5.75 Å². The topological polar surface area (TPSA) is 66.5 Å². The molecular weight excluding hydrogens is 363 g/mol. The van der Waals surface area contributed by atoms with E-state index in [4.69, 9.17) is 4.74 Å². The number of ether oxygens (including phenoxy) is 1. The molecule has 25 heavy (non-hydrogen) atoms. The van der Waals surface area contributed by atoms with Crippen LogP contribution in [-0.4, -0.2) is 50.1 Å². The number of amides is 1. The Morgan fingerprint density at radius 1 is 1.20 bits per heavy atom. The molecule has 0 atom stereocenters. The van der Waals surface area contributed by atoms with Crippen molar-refractivity contribution in [2.24, 2.45) is 0 Å². The third-order valence-electron chi connectivity index (χ3n) is 3.44. The van der Waals surface area contributed by atoms with E-state index in [0.29, 0.717) is 23.7 Å². The molecule has 1 amide bonds. The molecule has 8 heteroatoms. The zero-order valence-electron chi connectivity index (χ0n) is 14.5. The standard InChI is InChI=1S/C17H22N4O2.2ClH/c1-18-11-12-21(2)17(22)13-7-6-10-19-16(13)20-14-8-4-5-9-15(14)23-3;;/h4-10,18H,11-12H2,1-3H3,(H,19,20);2*1H. The fourth-order valence-electron chi connectivity index (χ4n) is 2.14. The molecule has 0 aliphatic carbocycles. The largest absolute Gasteiger partial charge is 0.495 e. The first-order valence-electron chi connectivity index (χ1n) is 7.42. The second kappa shape index (κ2) is 11.5. The Balaban J connectivity index is 0.00000288. The molecule has 2 rings (SSSR count). The maximum atomic E-state index is 12.6. The molecule has 0 bridgehead atoms. The van der Waals surface area contributed by atoms with Gasteiger partial charge in [0.1, 0.15) is 11.6 Å². The van der Waals surface area contributed by atoms with E-state index < -0.39 is 0 Å². The van der Waals surface area contributed by atoms with Gasteiger partial charge in [0.25, 0.3) is 5.91 Å². The molecule has 138 valence electrons. The smallest absolute Gasteiger partial charge is 0.257 e. The van der Waals surface area contributed by atoms with E-state index in [1.165, 1.54) is 0 Å². The van der Waals surface area contributed by atoms with Gasteiger partial charge in [0.2, 0.25) is 0 Å². The van der Waals surface area contributed by atoms with Crippen molar-refractivity contribution in [3.05, 3.63) is 48.2 Å². The molecule has 6 nitrogen and oxygen atoms in total. The summed E-state index contributed by atoms with van der Waals surface area (Å²) >= 11 is 0. The first-order chi connectivity index (χ1) is 11.2. The van der Waals surface area contributed by atoms with Crippen LogP contribution >= 0.6 is 24.8 Å². The lowest BCUT2D eigenvalue weighted by atomic mass is 10.2. The number of benzene rings is 1. The number of hydrogen-bond donors (Lipinski definition) is 2. The molecule has 0 spiro atoms. The van der Waals surface area contributed by atoms with Gasteiger partial charge in [-0.1, -0.05) is 12.1 Å². The van der Waals surface area contributed by atoms with Crippen LogP contribution < -0.4 is 15.4 Å². The predicted octanol–water partition coefficient (Wildman–Crippen LogP) is 2.97. The summed E-state index contributed by atoms with van der Waals surface area (Å²) in [6, 6.07) is 11.0. The van der Waals surface area contributed by atoms with Gasteiger partial charge in [-0.3, -0.25) is 4.79 Å². The van der Waals surface area contributed by atoms with Crippen molar-refractivity contribution in [2.45, 2.75) is 0 Å². The van der Waals surface area contributed by atoms with Crippen molar-refractivity contribution in [3.63, 3.8) is 0 Å². The highest BCUT2D eigenvalue weighted by Crippen LogP contribution is 2.27. The van der Waals surface area contributed by atoms with Gasteiger partial charge >= 0.3 is 0 Å². The molecule has 0 aliphatic heterocycles. The van der Waals surface area contributed by atoms with Gasteiger partial charge < -0.3 is 20.3 Å². The summed E-state index contributed by atoms with van der Waals surface area (Å²) in [6.45, 7) is 1.36. The van der Waals surface area contributed by atoms with Crippen LogP contribution in [0.5, 0.6) is 5.75 Å². The Morgan fingerprint density at radius 2 is 1.92 bits per heavy atom. The van der Waals surface area contributed by atoms with E-state index in [-0.39, 0.29) is 30.7 Å². The average Bonchev–Trinajstić information content (AvgIpc) is 2.60. The fourth-order valence-corrected chi connectivity index (χ4v) is 2.14. The monoisotopic (exact) mass is 386 g/mol. The molecule has 0 saturated carbocycles. The SMILES string of the molecule is CNCCN(C)C(=O)c1cccnc1Nc1ccccc1OC.Cl.Cl. The maximum absolute atomic E-state index is 12.6. The number of halogens is 2. The first kappa shape index (κ1) is 23.0. The van der Waals surface area contributed by atoms with Gasteiger partial charge in [-0.25, -0.2) is 4.98 Å². The Labute approximate surface area is 160 Å². The maximum Gasteiger partial charge on any atom is 0.257 e. The van der Waals surface area contributed by atoms with Gasteiger partial charge in [0.05, 0.1) is 18.4 Å². The van der Waals surface area contributed by atoms with E-state index >= 15 is 0 Å². The summed E-state index contributed by atoms with van der Waals surface area (Å²) < 4.78 is 5.32. The lowest BCUT2D eigenvalue weighted by Crippen LogP contribution is -2.33. The molecule has 0 radical (unpaired) electrons. The van der Waals surface area contributed by atoms with Crippen molar-refractivity contribution >= 4 is 42.2 Å². The van der Waals surface area contributed by atoms with Crippen molar-refractivity contribution in [1.82, 2.24) is 15.2 Å². The highest BCUT2D eigenvalue weighted by molar-refractivity contribution is 5.99. The van der Waals surface area contributed by atoms with E-state index in [2.05, 4.69) is 15.6 Å². The van der Waals surface area contributed by atoms with Crippen LogP contribution in [0.3, 0.4) is 0 Å². The van der Waals surface area contributed by atoms with E-state index in [0.717, 1.165) is 12.2 Å². The number of anilines is 2. The van der Waals surface area contributed by atoms with Crippen LogP contribution in [0, 0.1) is 0 Å². The number of nitrogens with one attached hydrogen (secondary N) is 2. The quantitative estimate of drug-likeness (QED) is 0.765. The van der Waals surface area contributed by atoms with Crippen LogP contribution in [0.4, 0.5) is 11.5 Å². The second-order valence-electron chi connectivity index (χ2n) is 5.06. The van der Waals surface area contributed by atoms with Gasteiger partial charge in [0, 0.05) is 26.3 Å². The number of likely N-dealkylation sites (N-methyl/N-ethyl adjacent to an activating group) is 2. The Hall–Kier alpha value is -2.02. The zero-order chi connectivity index (χ0) is 16.7. The number of nitrogens with zero attached hydrogens (tertiary/aromatic N) is 2. The summed E-state index contributed by atoms with van der Waals surface area (Å²) in [6.07, 6.45) is 1.65. The second-order valence-corrected chi connectivity index (χ2v) is 5.06. The number of methoxy groups -OCH3 is 1. The molecule has 0 fully saturated rings.